The Kier molecular flexibility index (Phi) is 1.58. The molecule has 2 aliphatic rings. The number of fused-ring (bicyclic) bond motifs is 2. The summed E-state index contributed by atoms with van der Waals surface area (Å²) in [5.41, 5.74) is 3.64. The minimum Gasteiger partial charge on any atom is -0.342 e. The molecule has 0 saturated heterocycles. The first-order chi connectivity index (χ1) is 7.83. The molecule has 0 amide bonds. The van der Waals surface area contributed by atoms with E-state index in [0.29, 0.717) is 0 Å². The van der Waals surface area contributed by atoms with Gasteiger partial charge in [-0.05, 0) is 49.3 Å². The third-order valence-electron chi connectivity index (χ3n) is 4.38. The fraction of sp³-hybridized carbons (Fsp3) is 0.500. The Morgan fingerprint density at radius 3 is 2.88 bits per heavy atom. The smallest absolute Gasteiger partial charge is 0.110 e. The molecule has 4 rings (SSSR count). The van der Waals surface area contributed by atoms with E-state index < -0.39 is 0 Å². The van der Waals surface area contributed by atoms with Gasteiger partial charge in [-0.3, -0.25) is 0 Å². The highest BCUT2D eigenvalue weighted by molar-refractivity contribution is 5.76. The Morgan fingerprint density at radius 1 is 1.25 bits per heavy atom. The van der Waals surface area contributed by atoms with Crippen LogP contribution in [0.1, 0.15) is 36.6 Å². The third kappa shape index (κ3) is 1.10. The van der Waals surface area contributed by atoms with Crippen molar-refractivity contribution in [3.8, 4) is 0 Å². The lowest BCUT2D eigenvalue weighted by molar-refractivity contribution is 0.664. The summed E-state index contributed by atoms with van der Waals surface area (Å²) in [6, 6.07) is 6.47. The van der Waals surface area contributed by atoms with Crippen molar-refractivity contribution in [1.29, 1.82) is 0 Å². The SMILES string of the molecule is Cc1ccc2nc(C3C4CCCC43)[nH]c2c1. The summed E-state index contributed by atoms with van der Waals surface area (Å²) < 4.78 is 0. The summed E-state index contributed by atoms with van der Waals surface area (Å²) in [4.78, 5) is 8.26. The van der Waals surface area contributed by atoms with Crippen LogP contribution in [0.15, 0.2) is 18.2 Å². The molecular formula is C14H16N2. The monoisotopic (exact) mass is 212 g/mol. The lowest BCUT2D eigenvalue weighted by Crippen LogP contribution is -1.89. The topological polar surface area (TPSA) is 28.7 Å². The maximum Gasteiger partial charge on any atom is 0.110 e. The lowest BCUT2D eigenvalue weighted by atomic mass is 10.1. The van der Waals surface area contributed by atoms with Gasteiger partial charge in [0, 0.05) is 5.92 Å². The van der Waals surface area contributed by atoms with Gasteiger partial charge in [0.2, 0.25) is 0 Å². The van der Waals surface area contributed by atoms with Crippen LogP contribution in [0.4, 0.5) is 0 Å². The van der Waals surface area contributed by atoms with Gasteiger partial charge in [0.1, 0.15) is 5.82 Å². The average Bonchev–Trinajstić information content (AvgIpc) is 2.68. The van der Waals surface area contributed by atoms with Crippen molar-refractivity contribution in [2.24, 2.45) is 11.8 Å². The van der Waals surface area contributed by atoms with Crippen molar-refractivity contribution in [3.05, 3.63) is 29.6 Å². The van der Waals surface area contributed by atoms with E-state index >= 15 is 0 Å². The number of nitrogens with one attached hydrogen (secondary N) is 1. The average molecular weight is 212 g/mol. The molecule has 1 aromatic carbocycles. The predicted octanol–water partition coefficient (Wildman–Crippen LogP) is 3.38. The zero-order valence-electron chi connectivity index (χ0n) is 9.53. The second kappa shape index (κ2) is 2.88. The summed E-state index contributed by atoms with van der Waals surface area (Å²) in [6.07, 6.45) is 4.28. The van der Waals surface area contributed by atoms with Crippen molar-refractivity contribution in [2.45, 2.75) is 32.1 Å². The number of imidazole rings is 1. The molecule has 2 fully saturated rings. The van der Waals surface area contributed by atoms with Gasteiger partial charge in [-0.1, -0.05) is 12.5 Å². The van der Waals surface area contributed by atoms with Crippen LogP contribution >= 0.6 is 0 Å². The number of hydrogen-bond donors (Lipinski definition) is 1. The minimum atomic E-state index is 0.751. The van der Waals surface area contributed by atoms with Crippen LogP contribution in [0.25, 0.3) is 11.0 Å². The first-order valence-corrected chi connectivity index (χ1v) is 6.29. The van der Waals surface area contributed by atoms with Crippen LogP contribution in [0, 0.1) is 18.8 Å². The molecule has 0 radical (unpaired) electrons. The molecule has 1 heterocycles. The van der Waals surface area contributed by atoms with E-state index in [2.05, 4.69) is 30.1 Å². The van der Waals surface area contributed by atoms with Gasteiger partial charge < -0.3 is 4.98 Å². The zero-order chi connectivity index (χ0) is 10.7. The lowest BCUT2D eigenvalue weighted by Gasteiger charge is -1.97. The molecule has 2 heteroatoms. The number of aryl methyl sites for hydroxylation is 1. The van der Waals surface area contributed by atoms with E-state index in [4.69, 9.17) is 4.98 Å². The second-order valence-corrected chi connectivity index (χ2v) is 5.43. The molecule has 82 valence electrons. The van der Waals surface area contributed by atoms with E-state index in [1.165, 1.54) is 36.2 Å². The van der Waals surface area contributed by atoms with Gasteiger partial charge in [0.15, 0.2) is 0 Å². The Labute approximate surface area is 95.1 Å². The van der Waals surface area contributed by atoms with Gasteiger partial charge in [0.05, 0.1) is 11.0 Å². The molecule has 2 atom stereocenters. The first kappa shape index (κ1) is 8.80. The number of H-pyrrole nitrogens is 1. The Bertz CT molecular complexity index is 545. The van der Waals surface area contributed by atoms with Crippen molar-refractivity contribution in [2.75, 3.05) is 0 Å². The third-order valence-corrected chi connectivity index (χ3v) is 4.38. The van der Waals surface area contributed by atoms with E-state index in [1.807, 2.05) is 0 Å². The van der Waals surface area contributed by atoms with E-state index in [-0.39, 0.29) is 0 Å². The first-order valence-electron chi connectivity index (χ1n) is 6.29. The van der Waals surface area contributed by atoms with Crippen molar-refractivity contribution < 1.29 is 0 Å². The predicted molar refractivity (Wildman–Crippen MR) is 64.4 cm³/mol. The van der Waals surface area contributed by atoms with Crippen LogP contribution in [-0.2, 0) is 0 Å². The van der Waals surface area contributed by atoms with Crippen molar-refractivity contribution in [3.63, 3.8) is 0 Å². The maximum absolute atomic E-state index is 4.74. The Hall–Kier alpha value is -1.31. The minimum absolute atomic E-state index is 0.751. The van der Waals surface area contributed by atoms with Crippen LogP contribution in [0.5, 0.6) is 0 Å². The number of rotatable bonds is 1. The Balaban J connectivity index is 1.76. The maximum atomic E-state index is 4.74. The number of aromatic nitrogens is 2. The van der Waals surface area contributed by atoms with E-state index in [9.17, 15) is 0 Å². The fourth-order valence-corrected chi connectivity index (χ4v) is 3.53. The molecule has 0 aliphatic heterocycles. The molecule has 1 aromatic heterocycles. The molecule has 1 N–H and O–H groups in total. The van der Waals surface area contributed by atoms with Gasteiger partial charge in [-0.15, -0.1) is 0 Å². The Morgan fingerprint density at radius 2 is 2.06 bits per heavy atom. The van der Waals surface area contributed by atoms with Crippen LogP contribution in [0.2, 0.25) is 0 Å². The molecule has 16 heavy (non-hydrogen) atoms. The van der Waals surface area contributed by atoms with Crippen LogP contribution in [-0.4, -0.2) is 9.97 Å². The van der Waals surface area contributed by atoms with Gasteiger partial charge in [-0.25, -0.2) is 4.98 Å². The second-order valence-electron chi connectivity index (χ2n) is 5.43. The molecule has 2 aromatic rings. The molecule has 2 aliphatic carbocycles. The van der Waals surface area contributed by atoms with Gasteiger partial charge >= 0.3 is 0 Å². The van der Waals surface area contributed by atoms with Gasteiger partial charge in [-0.2, -0.15) is 0 Å². The molecule has 2 nitrogen and oxygen atoms in total. The summed E-state index contributed by atoms with van der Waals surface area (Å²) in [5, 5.41) is 0. The van der Waals surface area contributed by atoms with Crippen molar-refractivity contribution in [1.82, 2.24) is 9.97 Å². The van der Waals surface area contributed by atoms with E-state index in [1.54, 1.807) is 0 Å². The van der Waals surface area contributed by atoms with Crippen LogP contribution in [0.3, 0.4) is 0 Å². The zero-order valence-corrected chi connectivity index (χ0v) is 9.53. The quantitative estimate of drug-likeness (QED) is 0.771. The number of hydrogen-bond acceptors (Lipinski definition) is 1. The highest BCUT2D eigenvalue weighted by Crippen LogP contribution is 2.62. The fourth-order valence-electron chi connectivity index (χ4n) is 3.53. The number of benzene rings is 1. The summed E-state index contributed by atoms with van der Waals surface area (Å²) in [5.74, 6) is 3.89. The molecular weight excluding hydrogens is 196 g/mol. The molecule has 2 unspecified atom stereocenters. The number of nitrogens with zero attached hydrogens (tertiary/aromatic N) is 1. The number of aromatic amines is 1. The molecule has 0 spiro atoms. The summed E-state index contributed by atoms with van der Waals surface area (Å²) >= 11 is 0. The standard InChI is InChI=1S/C14H16N2/c1-8-5-6-11-12(7-8)16-14(15-11)13-9-3-2-4-10(9)13/h5-7,9-10,13H,2-4H2,1H3,(H,15,16). The highest BCUT2D eigenvalue weighted by Gasteiger charge is 2.54. The normalized spacial score (nSPS) is 31.9. The van der Waals surface area contributed by atoms with Crippen LogP contribution < -0.4 is 0 Å². The summed E-state index contributed by atoms with van der Waals surface area (Å²) in [7, 11) is 0. The summed E-state index contributed by atoms with van der Waals surface area (Å²) in [6.45, 7) is 2.13. The van der Waals surface area contributed by atoms with Gasteiger partial charge in [0.25, 0.3) is 0 Å². The van der Waals surface area contributed by atoms with Crippen molar-refractivity contribution >= 4 is 11.0 Å². The largest absolute Gasteiger partial charge is 0.342 e. The highest BCUT2D eigenvalue weighted by atomic mass is 14.9. The van der Waals surface area contributed by atoms with E-state index in [0.717, 1.165) is 23.3 Å². The molecule has 0 bridgehead atoms. The molecule has 2 saturated carbocycles.